The molecule has 0 radical (unpaired) electrons. The zero-order chi connectivity index (χ0) is 20.4. The third-order valence-electron chi connectivity index (χ3n) is 4.00. The quantitative estimate of drug-likeness (QED) is 0.501. The average molecular weight is 418 g/mol. The van der Waals surface area contributed by atoms with E-state index in [4.69, 9.17) is 0 Å². The van der Waals surface area contributed by atoms with Gasteiger partial charge in [0.2, 0.25) is 5.91 Å². The van der Waals surface area contributed by atoms with Crippen LogP contribution in [-0.2, 0) is 11.0 Å². The zero-order valence-corrected chi connectivity index (χ0v) is 15.5. The second-order valence-corrected chi connectivity index (χ2v) is 6.89. The van der Waals surface area contributed by atoms with Crippen LogP contribution in [0.4, 0.5) is 18.9 Å². The highest BCUT2D eigenvalue weighted by molar-refractivity contribution is 7.99. The van der Waals surface area contributed by atoms with Crippen molar-refractivity contribution in [2.75, 3.05) is 11.1 Å². The number of aromatic nitrogens is 5. The van der Waals surface area contributed by atoms with Gasteiger partial charge in [0.15, 0.2) is 5.16 Å². The smallest absolute Gasteiger partial charge is 0.323 e. The SMILES string of the molecule is O=C(CSc1ncc2ccccn12)Nc1cc(C(F)(F)F)ccc1-n1cncn1. The first kappa shape index (κ1) is 19.0. The third kappa shape index (κ3) is 4.09. The lowest BCUT2D eigenvalue weighted by Crippen LogP contribution is -2.17. The van der Waals surface area contributed by atoms with Crippen molar-refractivity contribution < 1.29 is 18.0 Å². The van der Waals surface area contributed by atoms with Crippen molar-refractivity contribution in [1.29, 1.82) is 0 Å². The Kier molecular flexibility index (Phi) is 4.97. The largest absolute Gasteiger partial charge is 0.416 e. The highest BCUT2D eigenvalue weighted by atomic mass is 32.2. The standard InChI is InChI=1S/C18H13F3N6OS/c19-18(20,21)12-4-5-15(27-11-22-10-24-27)14(7-12)25-16(28)9-29-17-23-8-13-3-1-2-6-26(13)17/h1-8,10-11H,9H2,(H,25,28). The molecule has 0 unspecified atom stereocenters. The Morgan fingerprint density at radius 3 is 2.83 bits per heavy atom. The number of pyridine rings is 1. The molecule has 0 atom stereocenters. The van der Waals surface area contributed by atoms with Gasteiger partial charge in [0.1, 0.15) is 12.7 Å². The molecule has 0 saturated heterocycles. The van der Waals surface area contributed by atoms with Gasteiger partial charge >= 0.3 is 6.18 Å². The van der Waals surface area contributed by atoms with Crippen molar-refractivity contribution in [3.05, 3.63) is 67.0 Å². The maximum atomic E-state index is 13.1. The van der Waals surface area contributed by atoms with Crippen molar-refractivity contribution in [1.82, 2.24) is 24.1 Å². The number of hydrogen-bond donors (Lipinski definition) is 1. The number of imidazole rings is 1. The molecule has 148 valence electrons. The molecule has 29 heavy (non-hydrogen) atoms. The predicted octanol–water partition coefficient (Wildman–Crippen LogP) is 3.66. The molecule has 1 N–H and O–H groups in total. The molecule has 0 saturated carbocycles. The van der Waals surface area contributed by atoms with E-state index in [1.54, 1.807) is 6.20 Å². The highest BCUT2D eigenvalue weighted by Crippen LogP contribution is 2.33. The van der Waals surface area contributed by atoms with E-state index >= 15 is 0 Å². The van der Waals surface area contributed by atoms with Gasteiger partial charge in [-0.3, -0.25) is 9.20 Å². The number of anilines is 1. The molecular weight excluding hydrogens is 405 g/mol. The number of hydrogen-bond acceptors (Lipinski definition) is 5. The minimum Gasteiger partial charge on any atom is -0.323 e. The first-order valence-corrected chi connectivity index (χ1v) is 9.31. The predicted molar refractivity (Wildman–Crippen MR) is 101 cm³/mol. The molecule has 7 nitrogen and oxygen atoms in total. The normalized spacial score (nSPS) is 11.7. The van der Waals surface area contributed by atoms with E-state index in [0.29, 0.717) is 5.16 Å². The Balaban J connectivity index is 1.55. The Morgan fingerprint density at radius 1 is 1.21 bits per heavy atom. The molecule has 1 amide bonds. The molecule has 1 aromatic carbocycles. The molecule has 0 aliphatic rings. The number of carbonyl (C=O) groups is 1. The molecule has 0 fully saturated rings. The Hall–Kier alpha value is -3.34. The van der Waals surface area contributed by atoms with Gasteiger partial charge < -0.3 is 5.32 Å². The molecule has 0 spiro atoms. The number of fused-ring (bicyclic) bond motifs is 1. The van der Waals surface area contributed by atoms with Crippen molar-refractivity contribution >= 4 is 28.9 Å². The van der Waals surface area contributed by atoms with Crippen LogP contribution in [0, 0.1) is 0 Å². The fourth-order valence-electron chi connectivity index (χ4n) is 2.69. The molecule has 3 aromatic heterocycles. The monoisotopic (exact) mass is 418 g/mol. The van der Waals surface area contributed by atoms with E-state index in [2.05, 4.69) is 20.4 Å². The van der Waals surface area contributed by atoms with Crippen LogP contribution in [0.15, 0.2) is 66.6 Å². The van der Waals surface area contributed by atoms with Crippen LogP contribution < -0.4 is 5.32 Å². The molecule has 0 aliphatic heterocycles. The number of carbonyl (C=O) groups excluding carboxylic acids is 1. The zero-order valence-electron chi connectivity index (χ0n) is 14.7. The van der Waals surface area contributed by atoms with E-state index in [1.807, 2.05) is 28.8 Å². The summed E-state index contributed by atoms with van der Waals surface area (Å²) in [6.45, 7) is 0. The maximum absolute atomic E-state index is 13.1. The number of nitrogens with zero attached hydrogens (tertiary/aromatic N) is 5. The topological polar surface area (TPSA) is 77.1 Å². The van der Waals surface area contributed by atoms with Gasteiger partial charge in [-0.15, -0.1) is 0 Å². The van der Waals surface area contributed by atoms with Crippen molar-refractivity contribution in [3.8, 4) is 5.69 Å². The second kappa shape index (κ2) is 7.59. The number of nitrogens with one attached hydrogen (secondary N) is 1. The van der Waals surface area contributed by atoms with Crippen molar-refractivity contribution in [2.45, 2.75) is 11.3 Å². The number of benzene rings is 1. The summed E-state index contributed by atoms with van der Waals surface area (Å²) in [7, 11) is 0. The molecule has 3 heterocycles. The fourth-order valence-corrected chi connectivity index (χ4v) is 3.45. The fraction of sp³-hybridized carbons (Fsp3) is 0.111. The van der Waals surface area contributed by atoms with Crippen LogP contribution in [0.5, 0.6) is 0 Å². The van der Waals surface area contributed by atoms with Crippen molar-refractivity contribution in [3.63, 3.8) is 0 Å². The molecule has 4 aromatic rings. The van der Waals surface area contributed by atoms with E-state index in [0.717, 1.165) is 17.6 Å². The molecule has 0 bridgehead atoms. The van der Waals surface area contributed by atoms with E-state index in [9.17, 15) is 18.0 Å². The number of halogens is 3. The molecule has 4 rings (SSSR count). The number of rotatable bonds is 5. The van der Waals surface area contributed by atoms with Crippen LogP contribution in [0.25, 0.3) is 11.2 Å². The average Bonchev–Trinajstić information content (AvgIpc) is 3.36. The minimum atomic E-state index is -4.54. The summed E-state index contributed by atoms with van der Waals surface area (Å²) in [5, 5.41) is 7.07. The molecular formula is C18H13F3N6OS. The highest BCUT2D eigenvalue weighted by Gasteiger charge is 2.31. The van der Waals surface area contributed by atoms with E-state index in [1.165, 1.54) is 35.2 Å². The van der Waals surface area contributed by atoms with Crippen LogP contribution in [-0.4, -0.2) is 35.8 Å². The summed E-state index contributed by atoms with van der Waals surface area (Å²) in [6.07, 6.45) is 1.55. The summed E-state index contributed by atoms with van der Waals surface area (Å²) in [6, 6.07) is 8.64. The van der Waals surface area contributed by atoms with Crippen LogP contribution in [0.2, 0.25) is 0 Å². The Bertz CT molecular complexity index is 1160. The second-order valence-electron chi connectivity index (χ2n) is 5.94. The Labute approximate surface area is 166 Å². The van der Waals surface area contributed by atoms with Crippen LogP contribution in [0.1, 0.15) is 5.56 Å². The Morgan fingerprint density at radius 2 is 2.07 bits per heavy atom. The van der Waals surface area contributed by atoms with Gasteiger partial charge in [-0.25, -0.2) is 14.6 Å². The lowest BCUT2D eigenvalue weighted by molar-refractivity contribution is -0.137. The number of alkyl halides is 3. The van der Waals surface area contributed by atoms with Crippen LogP contribution >= 0.6 is 11.8 Å². The lowest BCUT2D eigenvalue weighted by Gasteiger charge is -2.14. The molecule has 0 aliphatic carbocycles. The minimum absolute atomic E-state index is 0.0103. The van der Waals surface area contributed by atoms with E-state index < -0.39 is 17.6 Å². The van der Waals surface area contributed by atoms with Gasteiger partial charge in [0.25, 0.3) is 0 Å². The summed E-state index contributed by atoms with van der Waals surface area (Å²) >= 11 is 1.18. The van der Waals surface area contributed by atoms with Gasteiger partial charge in [0, 0.05) is 6.20 Å². The number of amides is 1. The van der Waals surface area contributed by atoms with Gasteiger partial charge in [-0.1, -0.05) is 17.8 Å². The van der Waals surface area contributed by atoms with Crippen molar-refractivity contribution in [2.24, 2.45) is 0 Å². The molecule has 11 heteroatoms. The summed E-state index contributed by atoms with van der Waals surface area (Å²) in [5.41, 5.74) is 0.273. The van der Waals surface area contributed by atoms with Gasteiger partial charge in [-0.2, -0.15) is 18.3 Å². The first-order valence-electron chi connectivity index (χ1n) is 8.33. The first-order chi connectivity index (χ1) is 13.9. The maximum Gasteiger partial charge on any atom is 0.416 e. The summed E-state index contributed by atoms with van der Waals surface area (Å²) in [5.74, 6) is -0.496. The summed E-state index contributed by atoms with van der Waals surface area (Å²) in [4.78, 5) is 20.5. The summed E-state index contributed by atoms with van der Waals surface area (Å²) < 4.78 is 42.4. The third-order valence-corrected chi connectivity index (χ3v) is 4.97. The van der Waals surface area contributed by atoms with Gasteiger partial charge in [-0.05, 0) is 30.3 Å². The lowest BCUT2D eigenvalue weighted by atomic mass is 10.1. The van der Waals surface area contributed by atoms with E-state index in [-0.39, 0.29) is 17.1 Å². The van der Waals surface area contributed by atoms with Gasteiger partial charge in [0.05, 0.1) is 34.4 Å². The number of thioether (sulfide) groups is 1. The van der Waals surface area contributed by atoms with Crippen LogP contribution in [0.3, 0.4) is 0 Å².